The van der Waals surface area contributed by atoms with Crippen LogP contribution in [0.5, 0.6) is 0 Å². The van der Waals surface area contributed by atoms with Crippen molar-refractivity contribution in [2.45, 2.75) is 26.3 Å². The predicted molar refractivity (Wildman–Crippen MR) is 63.3 cm³/mol. The Kier molecular flexibility index (Phi) is 3.42. The molecule has 0 unspecified atom stereocenters. The lowest BCUT2D eigenvalue weighted by atomic mass is 10.1. The minimum Gasteiger partial charge on any atom is -0.299 e. The second-order valence-electron chi connectivity index (χ2n) is 4.18. The van der Waals surface area contributed by atoms with Crippen LogP contribution in [0.15, 0.2) is 16.6 Å². The molecule has 1 aliphatic heterocycles. The van der Waals surface area contributed by atoms with Crippen molar-refractivity contribution in [2.24, 2.45) is 0 Å². The van der Waals surface area contributed by atoms with E-state index < -0.39 is 0 Å². The summed E-state index contributed by atoms with van der Waals surface area (Å²) in [6, 6.07) is 3.51. The number of nitrogens with zero attached hydrogens (tertiary/aromatic N) is 1. The average Bonchev–Trinajstić information content (AvgIpc) is 2.67. The fourth-order valence-electron chi connectivity index (χ4n) is 2.02. The van der Waals surface area contributed by atoms with Gasteiger partial charge < -0.3 is 0 Å². The Morgan fingerprint density at radius 2 is 2.00 bits per heavy atom. The fraction of sp³-hybridized carbons (Fsp3) is 0.500. The molecule has 1 nitrogen and oxygen atoms in total. The molecule has 0 N–H and O–H groups in total. The molecule has 1 aromatic carbocycles. The third-order valence-electron chi connectivity index (χ3n) is 2.92. The van der Waals surface area contributed by atoms with Crippen molar-refractivity contribution in [2.75, 3.05) is 13.1 Å². The van der Waals surface area contributed by atoms with Gasteiger partial charge in [0.25, 0.3) is 0 Å². The second-order valence-corrected chi connectivity index (χ2v) is 5.03. The van der Waals surface area contributed by atoms with Gasteiger partial charge in [0.1, 0.15) is 5.82 Å². The van der Waals surface area contributed by atoms with E-state index >= 15 is 0 Å². The van der Waals surface area contributed by atoms with Crippen molar-refractivity contribution < 1.29 is 4.39 Å². The first kappa shape index (κ1) is 11.1. The minimum absolute atomic E-state index is 0.0978. The van der Waals surface area contributed by atoms with Crippen LogP contribution in [0.1, 0.15) is 24.0 Å². The zero-order chi connectivity index (χ0) is 10.8. The van der Waals surface area contributed by atoms with Crippen LogP contribution < -0.4 is 0 Å². The van der Waals surface area contributed by atoms with Crippen molar-refractivity contribution >= 4 is 15.9 Å². The quantitative estimate of drug-likeness (QED) is 0.796. The van der Waals surface area contributed by atoms with Crippen LogP contribution in [0, 0.1) is 12.7 Å². The lowest BCUT2D eigenvalue weighted by molar-refractivity contribution is 0.325. The maximum atomic E-state index is 13.6. The van der Waals surface area contributed by atoms with Gasteiger partial charge >= 0.3 is 0 Å². The molecule has 82 valence electrons. The Balaban J connectivity index is 2.16. The lowest BCUT2D eigenvalue weighted by Crippen LogP contribution is -2.19. The van der Waals surface area contributed by atoms with Crippen LogP contribution in [0.4, 0.5) is 4.39 Å². The number of likely N-dealkylation sites (tertiary alicyclic amines) is 1. The van der Waals surface area contributed by atoms with Crippen molar-refractivity contribution in [3.05, 3.63) is 33.5 Å². The summed E-state index contributed by atoms with van der Waals surface area (Å²) in [5.74, 6) is -0.0978. The Hall–Kier alpha value is -0.410. The summed E-state index contributed by atoms with van der Waals surface area (Å²) in [4.78, 5) is 2.31. The number of hydrogen-bond acceptors (Lipinski definition) is 1. The molecule has 3 heteroatoms. The van der Waals surface area contributed by atoms with E-state index in [0.717, 1.165) is 35.2 Å². The van der Waals surface area contributed by atoms with E-state index in [2.05, 4.69) is 20.8 Å². The normalized spacial score (nSPS) is 17.3. The number of rotatable bonds is 2. The number of aryl methyl sites for hydroxylation is 1. The van der Waals surface area contributed by atoms with Crippen LogP contribution in [-0.2, 0) is 6.54 Å². The summed E-state index contributed by atoms with van der Waals surface area (Å²) in [6.07, 6.45) is 2.49. The molecule has 1 saturated heterocycles. The number of benzene rings is 1. The van der Waals surface area contributed by atoms with E-state index in [9.17, 15) is 4.39 Å². The van der Waals surface area contributed by atoms with E-state index in [1.165, 1.54) is 12.8 Å². The number of halogens is 2. The van der Waals surface area contributed by atoms with Crippen molar-refractivity contribution in [1.29, 1.82) is 0 Å². The predicted octanol–water partition coefficient (Wildman–Crippen LogP) is 3.49. The highest BCUT2D eigenvalue weighted by atomic mass is 79.9. The van der Waals surface area contributed by atoms with E-state index in [-0.39, 0.29) is 5.82 Å². The van der Waals surface area contributed by atoms with Crippen molar-refractivity contribution in [3.63, 3.8) is 0 Å². The van der Waals surface area contributed by atoms with Gasteiger partial charge in [0.05, 0.1) is 0 Å². The van der Waals surface area contributed by atoms with Gasteiger partial charge in [-0.25, -0.2) is 4.39 Å². The van der Waals surface area contributed by atoms with E-state index in [0.29, 0.717) is 0 Å². The van der Waals surface area contributed by atoms with Gasteiger partial charge in [0.2, 0.25) is 0 Å². The van der Waals surface area contributed by atoms with Gasteiger partial charge in [-0.1, -0.05) is 22.0 Å². The van der Waals surface area contributed by atoms with Gasteiger partial charge in [-0.2, -0.15) is 0 Å². The Labute approximate surface area is 98.4 Å². The molecule has 1 heterocycles. The largest absolute Gasteiger partial charge is 0.299 e. The molecule has 1 aromatic rings. The summed E-state index contributed by atoms with van der Waals surface area (Å²) in [7, 11) is 0. The highest BCUT2D eigenvalue weighted by molar-refractivity contribution is 9.10. The van der Waals surface area contributed by atoms with Crippen LogP contribution in [0.2, 0.25) is 0 Å². The Morgan fingerprint density at radius 3 is 2.67 bits per heavy atom. The Bertz CT molecular complexity index is 359. The maximum absolute atomic E-state index is 13.6. The molecule has 1 fully saturated rings. The minimum atomic E-state index is -0.0978. The van der Waals surface area contributed by atoms with Crippen molar-refractivity contribution in [1.82, 2.24) is 4.90 Å². The highest BCUT2D eigenvalue weighted by Gasteiger charge is 2.14. The summed E-state index contributed by atoms with van der Waals surface area (Å²) < 4.78 is 14.5. The molecule has 0 bridgehead atoms. The molecule has 0 atom stereocenters. The molecule has 1 aliphatic rings. The smallest absolute Gasteiger partial charge is 0.128 e. The molecule has 15 heavy (non-hydrogen) atoms. The zero-order valence-corrected chi connectivity index (χ0v) is 10.5. The van der Waals surface area contributed by atoms with Gasteiger partial charge in [-0.3, -0.25) is 4.90 Å². The molecular formula is C12H15BrFN. The first-order chi connectivity index (χ1) is 7.16. The van der Waals surface area contributed by atoms with Gasteiger partial charge in [0.15, 0.2) is 0 Å². The maximum Gasteiger partial charge on any atom is 0.128 e. The van der Waals surface area contributed by atoms with Crippen molar-refractivity contribution in [3.8, 4) is 0 Å². The van der Waals surface area contributed by atoms with E-state index in [1.54, 1.807) is 6.07 Å². The molecular weight excluding hydrogens is 257 g/mol. The van der Waals surface area contributed by atoms with Crippen LogP contribution in [0.25, 0.3) is 0 Å². The first-order valence-electron chi connectivity index (χ1n) is 5.33. The second kappa shape index (κ2) is 4.62. The third-order valence-corrected chi connectivity index (χ3v) is 3.77. The monoisotopic (exact) mass is 271 g/mol. The standard InChI is InChI=1S/C12H15BrFN/c1-9-6-10(12(14)7-11(9)13)8-15-4-2-3-5-15/h6-7H,2-5,8H2,1H3. The van der Waals surface area contributed by atoms with Crippen LogP contribution in [0.3, 0.4) is 0 Å². The molecule has 2 rings (SSSR count). The molecule has 0 spiro atoms. The van der Waals surface area contributed by atoms with Crippen LogP contribution >= 0.6 is 15.9 Å². The van der Waals surface area contributed by atoms with E-state index in [1.807, 2.05) is 13.0 Å². The lowest BCUT2D eigenvalue weighted by Gasteiger charge is -2.15. The summed E-state index contributed by atoms with van der Waals surface area (Å²) in [6.45, 7) is 4.96. The third kappa shape index (κ3) is 2.58. The molecule has 0 radical (unpaired) electrons. The van der Waals surface area contributed by atoms with Gasteiger partial charge in [-0.05, 0) is 44.5 Å². The fourth-order valence-corrected chi connectivity index (χ4v) is 2.34. The van der Waals surface area contributed by atoms with Gasteiger partial charge in [0, 0.05) is 16.6 Å². The molecule has 0 aromatic heterocycles. The summed E-state index contributed by atoms with van der Waals surface area (Å²) >= 11 is 3.34. The molecule has 0 amide bonds. The Morgan fingerprint density at radius 1 is 1.33 bits per heavy atom. The zero-order valence-electron chi connectivity index (χ0n) is 8.89. The SMILES string of the molecule is Cc1cc(CN2CCCC2)c(F)cc1Br. The van der Waals surface area contributed by atoms with Crippen LogP contribution in [-0.4, -0.2) is 18.0 Å². The average molecular weight is 272 g/mol. The summed E-state index contributed by atoms with van der Waals surface area (Å²) in [5.41, 5.74) is 1.92. The highest BCUT2D eigenvalue weighted by Crippen LogP contribution is 2.22. The topological polar surface area (TPSA) is 3.24 Å². The summed E-state index contributed by atoms with van der Waals surface area (Å²) in [5, 5.41) is 0. The van der Waals surface area contributed by atoms with E-state index in [4.69, 9.17) is 0 Å². The first-order valence-corrected chi connectivity index (χ1v) is 6.13. The molecule has 0 aliphatic carbocycles. The number of hydrogen-bond donors (Lipinski definition) is 0. The van der Waals surface area contributed by atoms with Gasteiger partial charge in [-0.15, -0.1) is 0 Å². The molecule has 0 saturated carbocycles.